The number of nitrogens with two attached hydrogens (primary N) is 1. The van der Waals surface area contributed by atoms with E-state index in [0.29, 0.717) is 13.2 Å². The summed E-state index contributed by atoms with van der Waals surface area (Å²) in [7, 11) is 1.91. The maximum atomic E-state index is 12.0. The number of likely N-dealkylation sites (N-methyl/N-ethyl adjacent to an activating group) is 1. The molecule has 1 aromatic carbocycles. The highest BCUT2D eigenvalue weighted by atomic mass is 16.5. The van der Waals surface area contributed by atoms with Crippen molar-refractivity contribution in [3.63, 3.8) is 0 Å². The first-order valence-electron chi connectivity index (χ1n) is 7.05. The number of nitrogens with zero attached hydrogens (tertiary/aromatic N) is 1. The van der Waals surface area contributed by atoms with Gasteiger partial charge in [-0.05, 0) is 31.4 Å². The van der Waals surface area contributed by atoms with Crippen LogP contribution in [0.3, 0.4) is 0 Å². The van der Waals surface area contributed by atoms with Gasteiger partial charge in [0.1, 0.15) is 6.04 Å². The lowest BCUT2D eigenvalue weighted by Crippen LogP contribution is -2.42. The number of benzene rings is 1. The van der Waals surface area contributed by atoms with Crippen LogP contribution in [0, 0.1) is 5.92 Å². The van der Waals surface area contributed by atoms with Crippen LogP contribution in [0.1, 0.15) is 24.4 Å². The molecule has 0 aromatic heterocycles. The zero-order chi connectivity index (χ0) is 14.4. The van der Waals surface area contributed by atoms with Crippen molar-refractivity contribution >= 4 is 5.91 Å². The number of hydrogen-bond acceptors (Lipinski definition) is 4. The summed E-state index contributed by atoms with van der Waals surface area (Å²) >= 11 is 0. The summed E-state index contributed by atoms with van der Waals surface area (Å²) < 4.78 is 5.62. The average molecular weight is 277 g/mol. The third kappa shape index (κ3) is 4.30. The molecule has 1 fully saturated rings. The van der Waals surface area contributed by atoms with Gasteiger partial charge in [0.15, 0.2) is 0 Å². The number of carbonyl (C=O) groups is 1. The fourth-order valence-corrected chi connectivity index (χ4v) is 2.19. The molecule has 1 amide bonds. The molecule has 5 heteroatoms. The fourth-order valence-electron chi connectivity index (χ4n) is 2.19. The summed E-state index contributed by atoms with van der Waals surface area (Å²) in [6.45, 7) is 2.17. The first-order chi connectivity index (χ1) is 9.72. The lowest BCUT2D eigenvalue weighted by molar-refractivity contribution is -0.126. The van der Waals surface area contributed by atoms with Crippen LogP contribution < -0.4 is 11.3 Å². The molecule has 0 spiro atoms. The largest absolute Gasteiger partial charge is 0.380 e. The number of rotatable bonds is 8. The van der Waals surface area contributed by atoms with Crippen LogP contribution in [0.5, 0.6) is 0 Å². The molecule has 1 unspecified atom stereocenters. The SMILES string of the molecule is CN(CCOCC1CC1)C(C(=O)NN)c1ccccc1. The van der Waals surface area contributed by atoms with E-state index in [2.05, 4.69) is 5.43 Å². The molecule has 0 saturated heterocycles. The summed E-state index contributed by atoms with van der Waals surface area (Å²) in [4.78, 5) is 13.9. The van der Waals surface area contributed by atoms with Crippen LogP contribution in [-0.2, 0) is 9.53 Å². The smallest absolute Gasteiger partial charge is 0.255 e. The van der Waals surface area contributed by atoms with Crippen molar-refractivity contribution in [2.24, 2.45) is 11.8 Å². The number of ether oxygens (including phenoxy) is 1. The predicted molar refractivity (Wildman–Crippen MR) is 77.7 cm³/mol. The molecular formula is C15H23N3O2. The van der Waals surface area contributed by atoms with E-state index in [1.807, 2.05) is 42.3 Å². The number of hydrogen-bond donors (Lipinski definition) is 2. The zero-order valence-electron chi connectivity index (χ0n) is 11.9. The zero-order valence-corrected chi connectivity index (χ0v) is 11.9. The molecule has 20 heavy (non-hydrogen) atoms. The van der Waals surface area contributed by atoms with E-state index in [-0.39, 0.29) is 11.9 Å². The Morgan fingerprint density at radius 3 is 2.75 bits per heavy atom. The molecule has 110 valence electrons. The van der Waals surface area contributed by atoms with E-state index in [0.717, 1.165) is 18.1 Å². The van der Waals surface area contributed by atoms with E-state index in [1.165, 1.54) is 12.8 Å². The Labute approximate surface area is 120 Å². The van der Waals surface area contributed by atoms with Gasteiger partial charge >= 0.3 is 0 Å². The minimum atomic E-state index is -0.384. The van der Waals surface area contributed by atoms with Crippen molar-refractivity contribution in [1.29, 1.82) is 0 Å². The van der Waals surface area contributed by atoms with Crippen molar-refractivity contribution in [2.45, 2.75) is 18.9 Å². The Kier molecular flexibility index (Phi) is 5.52. The molecule has 5 nitrogen and oxygen atoms in total. The topological polar surface area (TPSA) is 67.6 Å². The van der Waals surface area contributed by atoms with Gasteiger partial charge in [-0.15, -0.1) is 0 Å². The molecule has 1 atom stereocenters. The normalized spacial score (nSPS) is 16.1. The standard InChI is InChI=1S/C15H23N3O2/c1-18(9-10-20-11-12-7-8-12)14(15(19)17-16)13-5-3-2-4-6-13/h2-6,12,14H,7-11,16H2,1H3,(H,17,19). The molecule has 0 aliphatic heterocycles. The lowest BCUT2D eigenvalue weighted by atomic mass is 10.1. The van der Waals surface area contributed by atoms with Gasteiger partial charge in [-0.2, -0.15) is 0 Å². The first-order valence-corrected chi connectivity index (χ1v) is 7.05. The van der Waals surface area contributed by atoms with Crippen molar-refractivity contribution in [1.82, 2.24) is 10.3 Å². The summed E-state index contributed by atoms with van der Waals surface area (Å²) in [6.07, 6.45) is 2.58. The third-order valence-electron chi connectivity index (χ3n) is 3.59. The molecule has 0 heterocycles. The van der Waals surface area contributed by atoms with E-state index in [1.54, 1.807) is 0 Å². The van der Waals surface area contributed by atoms with E-state index in [9.17, 15) is 4.79 Å². The van der Waals surface area contributed by atoms with Gasteiger partial charge in [-0.1, -0.05) is 30.3 Å². The van der Waals surface area contributed by atoms with Gasteiger partial charge in [0.25, 0.3) is 5.91 Å². The Hall–Kier alpha value is -1.43. The van der Waals surface area contributed by atoms with Crippen molar-refractivity contribution < 1.29 is 9.53 Å². The second kappa shape index (κ2) is 7.38. The maximum Gasteiger partial charge on any atom is 0.255 e. The number of carbonyl (C=O) groups excluding carboxylic acids is 1. The highest BCUT2D eigenvalue weighted by Gasteiger charge is 2.25. The summed E-state index contributed by atoms with van der Waals surface area (Å²) in [5, 5.41) is 0. The summed E-state index contributed by atoms with van der Waals surface area (Å²) in [6, 6.07) is 9.25. The van der Waals surface area contributed by atoms with E-state index < -0.39 is 0 Å². The molecule has 2 rings (SSSR count). The van der Waals surface area contributed by atoms with Gasteiger partial charge in [-0.3, -0.25) is 15.1 Å². The number of hydrazine groups is 1. The fraction of sp³-hybridized carbons (Fsp3) is 0.533. The maximum absolute atomic E-state index is 12.0. The molecular weight excluding hydrogens is 254 g/mol. The van der Waals surface area contributed by atoms with Gasteiger partial charge in [0, 0.05) is 13.2 Å². The van der Waals surface area contributed by atoms with Crippen molar-refractivity contribution in [3.05, 3.63) is 35.9 Å². The molecule has 3 N–H and O–H groups in total. The van der Waals surface area contributed by atoms with Crippen molar-refractivity contribution in [2.75, 3.05) is 26.8 Å². The van der Waals surface area contributed by atoms with Crippen LogP contribution >= 0.6 is 0 Å². The molecule has 1 saturated carbocycles. The highest BCUT2D eigenvalue weighted by Crippen LogP contribution is 2.28. The van der Waals surface area contributed by atoms with Crippen LogP contribution in [0.15, 0.2) is 30.3 Å². The molecule has 1 aliphatic carbocycles. The van der Waals surface area contributed by atoms with E-state index >= 15 is 0 Å². The highest BCUT2D eigenvalue weighted by molar-refractivity contribution is 5.82. The number of nitrogens with one attached hydrogen (secondary N) is 1. The second-order valence-corrected chi connectivity index (χ2v) is 5.32. The van der Waals surface area contributed by atoms with Crippen molar-refractivity contribution in [3.8, 4) is 0 Å². The first kappa shape index (κ1) is 15.0. The third-order valence-corrected chi connectivity index (χ3v) is 3.59. The number of amides is 1. The van der Waals surface area contributed by atoms with Crippen LogP contribution in [0.4, 0.5) is 0 Å². The molecule has 0 bridgehead atoms. The molecule has 0 radical (unpaired) electrons. The van der Waals surface area contributed by atoms with Crippen LogP contribution in [-0.4, -0.2) is 37.6 Å². The van der Waals surface area contributed by atoms with Crippen LogP contribution in [0.25, 0.3) is 0 Å². The summed E-state index contributed by atoms with van der Waals surface area (Å²) in [5.74, 6) is 5.85. The molecule has 1 aliphatic rings. The quantitative estimate of drug-likeness (QED) is 0.323. The monoisotopic (exact) mass is 277 g/mol. The predicted octanol–water partition coefficient (Wildman–Crippen LogP) is 1.08. The second-order valence-electron chi connectivity index (χ2n) is 5.32. The van der Waals surface area contributed by atoms with Gasteiger partial charge in [-0.25, -0.2) is 5.84 Å². The Bertz CT molecular complexity index is 420. The van der Waals surface area contributed by atoms with Gasteiger partial charge < -0.3 is 4.74 Å². The molecule has 1 aromatic rings. The minimum absolute atomic E-state index is 0.208. The Morgan fingerprint density at radius 2 is 2.15 bits per heavy atom. The summed E-state index contributed by atoms with van der Waals surface area (Å²) in [5.41, 5.74) is 3.17. The van der Waals surface area contributed by atoms with Gasteiger partial charge in [0.2, 0.25) is 0 Å². The average Bonchev–Trinajstić information content (AvgIpc) is 3.29. The van der Waals surface area contributed by atoms with Gasteiger partial charge in [0.05, 0.1) is 6.61 Å². The van der Waals surface area contributed by atoms with Crippen LogP contribution in [0.2, 0.25) is 0 Å². The minimum Gasteiger partial charge on any atom is -0.380 e. The Balaban J connectivity index is 1.89. The lowest BCUT2D eigenvalue weighted by Gasteiger charge is -2.26. The van der Waals surface area contributed by atoms with E-state index in [4.69, 9.17) is 10.6 Å². The Morgan fingerprint density at radius 1 is 1.45 bits per heavy atom.